The van der Waals surface area contributed by atoms with E-state index in [1.807, 2.05) is 12.1 Å². The number of benzene rings is 2. The summed E-state index contributed by atoms with van der Waals surface area (Å²) in [6.45, 7) is 6.85. The van der Waals surface area contributed by atoms with E-state index in [0.29, 0.717) is 12.4 Å². The van der Waals surface area contributed by atoms with Gasteiger partial charge in [0.15, 0.2) is 0 Å². The molecule has 0 spiro atoms. The van der Waals surface area contributed by atoms with E-state index in [1.54, 1.807) is 18.3 Å². The van der Waals surface area contributed by atoms with Crippen molar-refractivity contribution in [3.05, 3.63) is 89.1 Å². The van der Waals surface area contributed by atoms with Gasteiger partial charge in [0.2, 0.25) is 0 Å². The molecule has 0 saturated carbocycles. The lowest BCUT2D eigenvalue weighted by Crippen LogP contribution is -2.46. The number of nitrogens with zero attached hydrogens (tertiary/aromatic N) is 3. The fourth-order valence-electron chi connectivity index (χ4n) is 4.09. The van der Waals surface area contributed by atoms with Crippen molar-refractivity contribution < 1.29 is 14.6 Å². The van der Waals surface area contributed by atoms with Gasteiger partial charge in [-0.2, -0.15) is 0 Å². The first kappa shape index (κ1) is 21.8. The standard InChI is InChI=1S/C26H29N3O3/c1-2-21-6-3-4-7-22(21)19-32-23-11-9-20(10-12-23)18-28-14-16-29(17-15-28)25-24(26(30)31)8-5-13-27-25/h3-13H,2,14-19H2,1H3,(H,30,31). The van der Waals surface area contributed by atoms with Crippen LogP contribution >= 0.6 is 0 Å². The van der Waals surface area contributed by atoms with Crippen molar-refractivity contribution >= 4 is 11.8 Å². The number of ether oxygens (including phenoxy) is 1. The van der Waals surface area contributed by atoms with Gasteiger partial charge in [-0.05, 0) is 47.4 Å². The predicted octanol–water partition coefficient (Wildman–Crippen LogP) is 4.24. The fourth-order valence-corrected chi connectivity index (χ4v) is 4.09. The molecule has 3 aromatic rings. The van der Waals surface area contributed by atoms with Crippen molar-refractivity contribution in [2.75, 3.05) is 31.1 Å². The molecule has 1 aromatic heterocycles. The van der Waals surface area contributed by atoms with E-state index in [2.05, 4.69) is 58.1 Å². The molecule has 1 saturated heterocycles. The summed E-state index contributed by atoms with van der Waals surface area (Å²) in [7, 11) is 0. The first-order chi connectivity index (χ1) is 15.6. The highest BCUT2D eigenvalue weighted by atomic mass is 16.5. The molecule has 1 N–H and O–H groups in total. The number of pyridine rings is 1. The Balaban J connectivity index is 1.29. The van der Waals surface area contributed by atoms with Gasteiger partial charge in [-0.3, -0.25) is 4.90 Å². The van der Waals surface area contributed by atoms with Crippen molar-refractivity contribution in [2.24, 2.45) is 0 Å². The monoisotopic (exact) mass is 431 g/mol. The third-order valence-corrected chi connectivity index (χ3v) is 5.91. The maximum atomic E-state index is 11.5. The van der Waals surface area contributed by atoms with E-state index in [-0.39, 0.29) is 5.56 Å². The summed E-state index contributed by atoms with van der Waals surface area (Å²) in [4.78, 5) is 20.2. The van der Waals surface area contributed by atoms with E-state index in [1.165, 1.54) is 16.7 Å². The van der Waals surface area contributed by atoms with Crippen LogP contribution in [0.5, 0.6) is 5.75 Å². The number of rotatable bonds is 8. The first-order valence-electron chi connectivity index (χ1n) is 11.1. The molecule has 1 aliphatic heterocycles. The first-order valence-corrected chi connectivity index (χ1v) is 11.1. The molecule has 6 nitrogen and oxygen atoms in total. The van der Waals surface area contributed by atoms with Crippen LogP contribution in [0.15, 0.2) is 66.9 Å². The van der Waals surface area contributed by atoms with Gasteiger partial charge in [0, 0.05) is 38.9 Å². The minimum absolute atomic E-state index is 0.262. The zero-order valence-corrected chi connectivity index (χ0v) is 18.4. The molecule has 0 atom stereocenters. The zero-order chi connectivity index (χ0) is 22.3. The van der Waals surface area contributed by atoms with Crippen molar-refractivity contribution in [3.63, 3.8) is 0 Å². The summed E-state index contributed by atoms with van der Waals surface area (Å²) in [5, 5.41) is 9.41. The van der Waals surface area contributed by atoms with Gasteiger partial charge in [0.1, 0.15) is 23.7 Å². The molecule has 4 rings (SSSR count). The van der Waals surface area contributed by atoms with Crippen LogP contribution in [0.1, 0.15) is 34.0 Å². The van der Waals surface area contributed by atoms with Gasteiger partial charge in [-0.25, -0.2) is 9.78 Å². The van der Waals surface area contributed by atoms with Gasteiger partial charge >= 0.3 is 5.97 Å². The molecule has 1 aliphatic rings. The van der Waals surface area contributed by atoms with E-state index in [9.17, 15) is 9.90 Å². The number of aryl methyl sites for hydroxylation is 1. The molecule has 2 heterocycles. The lowest BCUT2D eigenvalue weighted by atomic mass is 10.1. The predicted molar refractivity (Wildman–Crippen MR) is 125 cm³/mol. The van der Waals surface area contributed by atoms with Crippen LogP contribution in [0.25, 0.3) is 0 Å². The lowest BCUT2D eigenvalue weighted by molar-refractivity contribution is 0.0697. The maximum Gasteiger partial charge on any atom is 0.339 e. The van der Waals surface area contributed by atoms with Crippen molar-refractivity contribution in [1.29, 1.82) is 0 Å². The normalized spacial score (nSPS) is 14.3. The van der Waals surface area contributed by atoms with Crippen molar-refractivity contribution in [3.8, 4) is 5.75 Å². The second-order valence-corrected chi connectivity index (χ2v) is 8.00. The number of carboxylic acid groups (broad SMARTS) is 1. The Morgan fingerprint density at radius 1 is 0.969 bits per heavy atom. The van der Waals surface area contributed by atoms with Crippen molar-refractivity contribution in [2.45, 2.75) is 26.5 Å². The van der Waals surface area contributed by atoms with Gasteiger partial charge in [-0.1, -0.05) is 43.3 Å². The molecule has 0 aliphatic carbocycles. The highest BCUT2D eigenvalue weighted by Crippen LogP contribution is 2.21. The molecule has 32 heavy (non-hydrogen) atoms. The lowest BCUT2D eigenvalue weighted by Gasteiger charge is -2.35. The van der Waals surface area contributed by atoms with Crippen LogP contribution in [-0.4, -0.2) is 47.1 Å². The summed E-state index contributed by atoms with van der Waals surface area (Å²) in [6.07, 6.45) is 2.66. The summed E-state index contributed by atoms with van der Waals surface area (Å²) >= 11 is 0. The van der Waals surface area contributed by atoms with Crippen molar-refractivity contribution in [1.82, 2.24) is 9.88 Å². The minimum Gasteiger partial charge on any atom is -0.489 e. The molecule has 0 unspecified atom stereocenters. The average Bonchev–Trinajstić information content (AvgIpc) is 2.84. The quantitative estimate of drug-likeness (QED) is 0.575. The Kier molecular flexibility index (Phi) is 7.02. The number of aromatic nitrogens is 1. The second kappa shape index (κ2) is 10.3. The van der Waals surface area contributed by atoms with Crippen LogP contribution in [0.2, 0.25) is 0 Å². The Hall–Kier alpha value is -3.38. The molecular formula is C26H29N3O3. The fraction of sp³-hybridized carbons (Fsp3) is 0.308. The van der Waals surface area contributed by atoms with E-state index < -0.39 is 5.97 Å². The second-order valence-electron chi connectivity index (χ2n) is 8.00. The number of aromatic carboxylic acids is 1. The average molecular weight is 432 g/mol. The smallest absolute Gasteiger partial charge is 0.339 e. The molecule has 0 amide bonds. The summed E-state index contributed by atoms with van der Waals surface area (Å²) in [6, 6.07) is 20.0. The zero-order valence-electron chi connectivity index (χ0n) is 18.4. The molecule has 6 heteroatoms. The highest BCUT2D eigenvalue weighted by molar-refractivity contribution is 5.93. The Morgan fingerprint density at radius 3 is 2.38 bits per heavy atom. The van der Waals surface area contributed by atoms with Crippen LogP contribution < -0.4 is 9.64 Å². The van der Waals surface area contributed by atoms with E-state index in [0.717, 1.165) is 44.9 Å². The summed E-state index contributed by atoms with van der Waals surface area (Å²) < 4.78 is 6.00. The highest BCUT2D eigenvalue weighted by Gasteiger charge is 2.22. The van der Waals surface area contributed by atoms with Crippen LogP contribution in [-0.2, 0) is 19.6 Å². The summed E-state index contributed by atoms with van der Waals surface area (Å²) in [5.74, 6) is 0.502. The van der Waals surface area contributed by atoms with Crippen LogP contribution in [0.3, 0.4) is 0 Å². The van der Waals surface area contributed by atoms with E-state index in [4.69, 9.17) is 4.74 Å². The summed E-state index contributed by atoms with van der Waals surface area (Å²) in [5.41, 5.74) is 4.06. The Labute approximate surface area is 189 Å². The SMILES string of the molecule is CCc1ccccc1COc1ccc(CN2CCN(c3ncccc3C(=O)O)CC2)cc1. The molecule has 0 radical (unpaired) electrons. The molecule has 166 valence electrons. The third-order valence-electron chi connectivity index (χ3n) is 5.91. The number of carbonyl (C=O) groups is 1. The number of hydrogen-bond donors (Lipinski definition) is 1. The van der Waals surface area contributed by atoms with Gasteiger partial charge in [0.25, 0.3) is 0 Å². The van der Waals surface area contributed by atoms with E-state index >= 15 is 0 Å². The number of piperazine rings is 1. The van der Waals surface area contributed by atoms with Gasteiger partial charge in [0.05, 0.1) is 0 Å². The van der Waals surface area contributed by atoms with Gasteiger partial charge < -0.3 is 14.7 Å². The van der Waals surface area contributed by atoms with Crippen LogP contribution in [0.4, 0.5) is 5.82 Å². The third kappa shape index (κ3) is 5.26. The number of hydrogen-bond acceptors (Lipinski definition) is 5. The Morgan fingerprint density at radius 2 is 1.69 bits per heavy atom. The molecule has 2 aromatic carbocycles. The maximum absolute atomic E-state index is 11.5. The number of anilines is 1. The Bertz CT molecular complexity index is 1040. The largest absolute Gasteiger partial charge is 0.489 e. The molecule has 1 fully saturated rings. The topological polar surface area (TPSA) is 65.9 Å². The molecular weight excluding hydrogens is 402 g/mol. The minimum atomic E-state index is -0.934. The molecule has 0 bridgehead atoms. The van der Waals surface area contributed by atoms with Crippen LogP contribution in [0, 0.1) is 0 Å². The van der Waals surface area contributed by atoms with Gasteiger partial charge in [-0.15, -0.1) is 0 Å². The number of carboxylic acids is 1.